The third-order valence-corrected chi connectivity index (χ3v) is 5.37. The average molecular weight is 358 g/mol. The first-order valence-corrected chi connectivity index (χ1v) is 8.70. The molecule has 1 heterocycles. The number of rotatable bonds is 3. The molecule has 4 heteroatoms. The molecule has 0 radical (unpaired) electrons. The summed E-state index contributed by atoms with van der Waals surface area (Å²) in [5.74, 6) is 1.04. The van der Waals surface area contributed by atoms with Crippen LogP contribution in [0.4, 0.5) is 0 Å². The van der Waals surface area contributed by atoms with Crippen molar-refractivity contribution in [1.82, 2.24) is 4.90 Å². The van der Waals surface area contributed by atoms with Crippen molar-refractivity contribution in [3.8, 4) is 0 Å². The minimum atomic E-state index is -0.237. The molecular weight excluding hydrogens is 334 g/mol. The number of benzene rings is 2. The fourth-order valence-corrected chi connectivity index (χ4v) is 4.38. The molecule has 0 aromatic heterocycles. The van der Waals surface area contributed by atoms with Gasteiger partial charge in [0.05, 0.1) is 12.7 Å². The number of carbonyl (C=O) groups is 1. The Morgan fingerprint density at radius 1 is 1.16 bits per heavy atom. The summed E-state index contributed by atoms with van der Waals surface area (Å²) in [5.41, 5.74) is 4.84. The molecule has 2 aromatic rings. The molecule has 2 aromatic carbocycles. The summed E-state index contributed by atoms with van der Waals surface area (Å²) < 4.78 is 4.86. The molecule has 4 rings (SSSR count). The number of nitrogens with zero attached hydrogens (tertiary/aromatic N) is 1. The van der Waals surface area contributed by atoms with Crippen molar-refractivity contribution >= 4 is 18.4 Å². The highest BCUT2D eigenvalue weighted by molar-refractivity contribution is 5.89. The van der Waals surface area contributed by atoms with Gasteiger partial charge < -0.3 is 4.74 Å². The first kappa shape index (κ1) is 18.0. The van der Waals surface area contributed by atoms with Crippen molar-refractivity contribution in [3.05, 3.63) is 70.8 Å². The van der Waals surface area contributed by atoms with Crippen molar-refractivity contribution in [2.24, 2.45) is 5.92 Å². The van der Waals surface area contributed by atoms with Gasteiger partial charge in [-0.2, -0.15) is 0 Å². The van der Waals surface area contributed by atoms with E-state index >= 15 is 0 Å². The lowest BCUT2D eigenvalue weighted by Gasteiger charge is -2.42. The minimum absolute atomic E-state index is 0. The zero-order chi connectivity index (χ0) is 16.5. The van der Waals surface area contributed by atoms with E-state index in [0.717, 1.165) is 26.1 Å². The van der Waals surface area contributed by atoms with E-state index in [1.165, 1.54) is 30.2 Å². The van der Waals surface area contributed by atoms with Crippen LogP contribution < -0.4 is 0 Å². The number of methoxy groups -OCH3 is 1. The number of piperidine rings is 1. The number of esters is 1. The number of hydrogen-bond donors (Lipinski definition) is 0. The number of likely N-dealkylation sites (tertiary alicyclic amines) is 1. The van der Waals surface area contributed by atoms with Crippen LogP contribution in [-0.2, 0) is 17.7 Å². The second kappa shape index (κ2) is 7.59. The van der Waals surface area contributed by atoms with Gasteiger partial charge in [0, 0.05) is 19.6 Å². The van der Waals surface area contributed by atoms with E-state index in [1.54, 1.807) is 0 Å². The highest BCUT2D eigenvalue weighted by Gasteiger charge is 2.34. The van der Waals surface area contributed by atoms with E-state index in [2.05, 4.69) is 41.3 Å². The summed E-state index contributed by atoms with van der Waals surface area (Å²) >= 11 is 0. The summed E-state index contributed by atoms with van der Waals surface area (Å²) in [6.45, 7) is 3.28. The van der Waals surface area contributed by atoms with Crippen molar-refractivity contribution in [2.45, 2.75) is 25.3 Å². The molecule has 0 N–H and O–H groups in total. The third kappa shape index (κ3) is 3.73. The molecule has 2 atom stereocenters. The Morgan fingerprint density at radius 3 is 2.72 bits per heavy atom. The Bertz CT molecular complexity index is 747. The molecule has 0 amide bonds. The second-order valence-corrected chi connectivity index (χ2v) is 7.09. The van der Waals surface area contributed by atoms with Gasteiger partial charge in [-0.3, -0.25) is 4.90 Å². The van der Waals surface area contributed by atoms with Crippen molar-refractivity contribution in [1.29, 1.82) is 0 Å². The SMILES string of the molecule is COC(=O)c1ccc2c(c1)CC1CC2CN(Cc2ccccc2)C1.Cl. The molecule has 2 unspecified atom stereocenters. The van der Waals surface area contributed by atoms with Gasteiger partial charge >= 0.3 is 5.97 Å². The highest BCUT2D eigenvalue weighted by Crippen LogP contribution is 2.40. The van der Waals surface area contributed by atoms with Gasteiger partial charge in [0.15, 0.2) is 0 Å². The molecular formula is C21H24ClNO2. The highest BCUT2D eigenvalue weighted by atomic mass is 35.5. The van der Waals surface area contributed by atoms with Gasteiger partial charge in [-0.15, -0.1) is 12.4 Å². The third-order valence-electron chi connectivity index (χ3n) is 5.37. The monoisotopic (exact) mass is 357 g/mol. The predicted molar refractivity (Wildman–Crippen MR) is 101 cm³/mol. The molecule has 2 bridgehead atoms. The van der Waals surface area contributed by atoms with E-state index in [9.17, 15) is 4.79 Å². The number of halogens is 1. The Morgan fingerprint density at radius 2 is 1.96 bits per heavy atom. The predicted octanol–water partition coefficient (Wildman–Crippen LogP) is 4.06. The summed E-state index contributed by atoms with van der Waals surface area (Å²) in [6.07, 6.45) is 2.35. The van der Waals surface area contributed by atoms with Crippen LogP contribution in [0.1, 0.15) is 39.4 Å². The molecule has 0 spiro atoms. The molecule has 132 valence electrons. The summed E-state index contributed by atoms with van der Waals surface area (Å²) in [4.78, 5) is 14.4. The fraction of sp³-hybridized carbons (Fsp3) is 0.381. The van der Waals surface area contributed by atoms with Crippen molar-refractivity contribution < 1.29 is 9.53 Å². The van der Waals surface area contributed by atoms with E-state index < -0.39 is 0 Å². The number of carbonyl (C=O) groups excluding carboxylic acids is 1. The van der Waals surface area contributed by atoms with Gasteiger partial charge in [0.25, 0.3) is 0 Å². The number of ether oxygens (including phenoxy) is 1. The van der Waals surface area contributed by atoms with Crippen LogP contribution in [0.15, 0.2) is 48.5 Å². The molecule has 1 saturated heterocycles. The van der Waals surface area contributed by atoms with Crippen LogP contribution in [-0.4, -0.2) is 31.1 Å². The molecule has 1 aliphatic heterocycles. The first-order chi connectivity index (χ1) is 11.7. The van der Waals surface area contributed by atoms with Gasteiger partial charge in [-0.05, 0) is 53.5 Å². The topological polar surface area (TPSA) is 29.5 Å². The van der Waals surface area contributed by atoms with Gasteiger partial charge in [-0.25, -0.2) is 4.79 Å². The van der Waals surface area contributed by atoms with Crippen LogP contribution in [0.5, 0.6) is 0 Å². The molecule has 1 aliphatic carbocycles. The zero-order valence-electron chi connectivity index (χ0n) is 14.5. The Hall–Kier alpha value is -1.84. The van der Waals surface area contributed by atoms with Crippen molar-refractivity contribution in [2.75, 3.05) is 20.2 Å². The summed E-state index contributed by atoms with van der Waals surface area (Å²) in [6, 6.07) is 16.8. The van der Waals surface area contributed by atoms with E-state index in [1.807, 2.05) is 12.1 Å². The fourth-order valence-electron chi connectivity index (χ4n) is 4.38. The van der Waals surface area contributed by atoms with E-state index in [-0.39, 0.29) is 18.4 Å². The van der Waals surface area contributed by atoms with E-state index in [4.69, 9.17) is 4.74 Å². The molecule has 3 nitrogen and oxygen atoms in total. The summed E-state index contributed by atoms with van der Waals surface area (Å²) in [7, 11) is 1.44. The number of fused-ring (bicyclic) bond motifs is 4. The maximum atomic E-state index is 11.8. The lowest BCUT2D eigenvalue weighted by atomic mass is 9.73. The van der Waals surface area contributed by atoms with Gasteiger partial charge in [0.2, 0.25) is 0 Å². The van der Waals surface area contributed by atoms with Crippen LogP contribution in [0, 0.1) is 5.92 Å². The maximum Gasteiger partial charge on any atom is 0.337 e. The quantitative estimate of drug-likeness (QED) is 0.776. The maximum absolute atomic E-state index is 11.8. The average Bonchev–Trinajstić information content (AvgIpc) is 2.61. The Labute approximate surface area is 155 Å². The van der Waals surface area contributed by atoms with Crippen LogP contribution >= 0.6 is 12.4 Å². The summed E-state index contributed by atoms with van der Waals surface area (Å²) in [5, 5.41) is 0. The normalized spacial score (nSPS) is 21.8. The first-order valence-electron chi connectivity index (χ1n) is 8.70. The lowest BCUT2D eigenvalue weighted by molar-refractivity contribution is 0.0600. The Kier molecular flexibility index (Phi) is 5.45. The minimum Gasteiger partial charge on any atom is -0.465 e. The van der Waals surface area contributed by atoms with Crippen LogP contribution in [0.2, 0.25) is 0 Å². The lowest BCUT2D eigenvalue weighted by Crippen LogP contribution is -2.42. The molecule has 0 saturated carbocycles. The van der Waals surface area contributed by atoms with Crippen LogP contribution in [0.25, 0.3) is 0 Å². The largest absolute Gasteiger partial charge is 0.465 e. The van der Waals surface area contributed by atoms with Gasteiger partial charge in [0.1, 0.15) is 0 Å². The van der Waals surface area contributed by atoms with Crippen LogP contribution in [0.3, 0.4) is 0 Å². The second-order valence-electron chi connectivity index (χ2n) is 7.09. The zero-order valence-corrected chi connectivity index (χ0v) is 15.3. The smallest absolute Gasteiger partial charge is 0.337 e. The standard InChI is InChI=1S/C21H23NO2.ClH/c1-24-21(23)17-7-8-20-18(11-17)9-16-10-19(20)14-22(13-16)12-15-5-3-2-4-6-15;/h2-8,11,16,19H,9-10,12-14H2,1H3;1H. The Balaban J connectivity index is 0.00000182. The van der Waals surface area contributed by atoms with Crippen molar-refractivity contribution in [3.63, 3.8) is 0 Å². The number of hydrogen-bond acceptors (Lipinski definition) is 3. The molecule has 1 fully saturated rings. The van der Waals surface area contributed by atoms with E-state index in [0.29, 0.717) is 17.4 Å². The van der Waals surface area contributed by atoms with Gasteiger partial charge in [-0.1, -0.05) is 36.4 Å². The molecule has 2 aliphatic rings. The molecule has 25 heavy (non-hydrogen) atoms.